The predicted molar refractivity (Wildman–Crippen MR) is 256 cm³/mol. The summed E-state index contributed by atoms with van der Waals surface area (Å²) >= 11 is 0. The lowest BCUT2D eigenvalue weighted by Crippen LogP contribution is -2.45. The van der Waals surface area contributed by atoms with E-state index in [4.69, 9.17) is 40.7 Å². The molecule has 0 spiro atoms. The Morgan fingerprint density at radius 2 is 0.531 bits per heavy atom. The van der Waals surface area contributed by atoms with Gasteiger partial charge >= 0.3 is 31.7 Å². The van der Waals surface area contributed by atoms with Crippen LogP contribution < -0.4 is 50.8 Å². The molecule has 0 fully saturated rings. The first-order valence-electron chi connectivity index (χ1n) is 20.1. The van der Waals surface area contributed by atoms with Crippen LogP contribution in [-0.4, -0.2) is 0 Å². The molecule has 1 heterocycles. The molecule has 1 aliphatic heterocycles. The number of hydrogen-bond acceptors (Lipinski definition) is 12. The van der Waals surface area contributed by atoms with Gasteiger partial charge < -0.3 is 9.05 Å². The largest absolute Gasteiger partial charge is 0.617 e. The third-order valence-corrected chi connectivity index (χ3v) is 20.6. The van der Waals surface area contributed by atoms with Crippen LogP contribution in [-0.2, 0) is 0 Å². The topological polar surface area (TPSA) is 122 Å². The van der Waals surface area contributed by atoms with Gasteiger partial charge in [-0.2, -0.15) is 0 Å². The first-order chi connectivity index (χ1) is 31.5. The fraction of sp³-hybridized carbons (Fsp3) is 0. The summed E-state index contributed by atoms with van der Waals surface area (Å²) in [5.74, 6) is 3.41. The predicted octanol–water partition coefficient (Wildman–Crippen LogP) is 14.4. The van der Waals surface area contributed by atoms with E-state index in [1.165, 1.54) is 0 Å². The maximum absolute atomic E-state index is 7.18. The highest BCUT2D eigenvalue weighted by atomic mass is 31.3. The van der Waals surface area contributed by atoms with Gasteiger partial charge in [-0.05, 0) is 97.1 Å². The average molecular weight is 928 g/mol. The van der Waals surface area contributed by atoms with Crippen molar-refractivity contribution in [3.05, 3.63) is 243 Å². The van der Waals surface area contributed by atoms with Crippen molar-refractivity contribution in [1.82, 2.24) is 14.6 Å². The summed E-state index contributed by atoms with van der Waals surface area (Å²) in [4.78, 5) is 11.1. The van der Waals surface area contributed by atoms with Crippen molar-refractivity contribution in [2.75, 3.05) is 0 Å². The minimum Gasteiger partial charge on any atom is -0.415 e. The highest BCUT2D eigenvalue weighted by Crippen LogP contribution is 2.80. The molecular weight excluding hydrogens is 884 g/mol. The van der Waals surface area contributed by atoms with Crippen molar-refractivity contribution in [3.8, 4) is 46.0 Å². The number of nitrogens with one attached hydrogen (secondary N) is 3. The molecule has 0 atom stereocenters. The molecule has 0 bridgehead atoms. The summed E-state index contributed by atoms with van der Waals surface area (Å²) in [6, 6.07) is 74.1. The van der Waals surface area contributed by atoms with Gasteiger partial charge in [0, 0.05) is 4.86 Å². The van der Waals surface area contributed by atoms with E-state index in [9.17, 15) is 0 Å². The third kappa shape index (κ3) is 11.2. The highest BCUT2D eigenvalue weighted by molar-refractivity contribution is 7.90. The van der Waals surface area contributed by atoms with Crippen molar-refractivity contribution < 1.29 is 36.2 Å². The lowest BCUT2D eigenvalue weighted by molar-refractivity contribution is 0.399. The van der Waals surface area contributed by atoms with Crippen molar-refractivity contribution in [3.63, 3.8) is 0 Å². The fourth-order valence-electron chi connectivity index (χ4n) is 6.15. The van der Waals surface area contributed by atoms with Crippen molar-refractivity contribution >= 4 is 31.7 Å². The van der Waals surface area contributed by atoms with Crippen LogP contribution in [0.5, 0.6) is 46.0 Å². The zero-order chi connectivity index (χ0) is 43.4. The second-order valence-corrected chi connectivity index (χ2v) is 22.6. The highest BCUT2D eigenvalue weighted by Gasteiger charge is 2.78. The molecule has 64 heavy (non-hydrogen) atoms. The molecule has 12 nitrogen and oxygen atoms in total. The van der Waals surface area contributed by atoms with Gasteiger partial charge in [-0.25, -0.2) is 0 Å². The zero-order valence-electron chi connectivity index (χ0n) is 34.1. The summed E-state index contributed by atoms with van der Waals surface area (Å²) in [5.41, 5.74) is 0. The van der Waals surface area contributed by atoms with Gasteiger partial charge in [0.1, 0.15) is 21.2 Å². The van der Waals surface area contributed by atoms with E-state index in [-0.39, 0.29) is 0 Å². The van der Waals surface area contributed by atoms with Crippen molar-refractivity contribution in [1.29, 1.82) is 0 Å². The Kier molecular flexibility index (Phi) is 13.4. The summed E-state index contributed by atoms with van der Waals surface area (Å²) < 4.78 is 63.0. The van der Waals surface area contributed by atoms with E-state index in [0.29, 0.717) is 46.0 Å². The maximum atomic E-state index is 7.18. The van der Waals surface area contributed by atoms with Crippen LogP contribution in [0.25, 0.3) is 0 Å². The van der Waals surface area contributed by atoms with Gasteiger partial charge in [0.05, 0.1) is 4.52 Å². The SMILES string of the molecule is c1ccc(OP2(Oc3ccccc3)=N[P+](Oc3ccccc3)(Oc3ccccc3)N[P+](Oc3ccccc3)(Oc3ccccc3)N[P+](Oc3ccccc3)(Oc3ccccc3)N2)cc1. The Morgan fingerprint density at radius 3 is 0.828 bits per heavy atom. The normalized spacial score (nSPS) is 15.6. The van der Waals surface area contributed by atoms with Crippen LogP contribution in [0.2, 0.25) is 0 Å². The summed E-state index contributed by atoms with van der Waals surface area (Å²) in [6.07, 6.45) is 0. The smallest absolute Gasteiger partial charge is 0.415 e. The first-order valence-corrected chi connectivity index (χ1v) is 26.5. The number of hydrogen-bond donors (Lipinski definition) is 3. The lowest BCUT2D eigenvalue weighted by atomic mass is 10.3. The van der Waals surface area contributed by atoms with Crippen LogP contribution in [0.4, 0.5) is 0 Å². The van der Waals surface area contributed by atoms with Crippen LogP contribution in [0, 0.1) is 0 Å². The van der Waals surface area contributed by atoms with Crippen LogP contribution >= 0.6 is 31.7 Å². The Bertz CT molecular complexity index is 2560. The van der Waals surface area contributed by atoms with Gasteiger partial charge in [0.2, 0.25) is 0 Å². The van der Waals surface area contributed by atoms with E-state index in [0.717, 1.165) is 0 Å². The number of para-hydroxylation sites is 8. The van der Waals surface area contributed by atoms with Gasteiger partial charge in [0.25, 0.3) is 0 Å². The van der Waals surface area contributed by atoms with E-state index >= 15 is 0 Å². The van der Waals surface area contributed by atoms with Gasteiger partial charge in [-0.3, -0.25) is 27.1 Å². The van der Waals surface area contributed by atoms with E-state index < -0.39 is 31.7 Å². The monoisotopic (exact) mass is 927 g/mol. The molecule has 0 aromatic heterocycles. The molecule has 0 amide bonds. The lowest BCUT2D eigenvalue weighted by Gasteiger charge is -2.34. The van der Waals surface area contributed by atoms with Gasteiger partial charge in [0.15, 0.2) is 34.5 Å². The molecule has 0 saturated heterocycles. The summed E-state index contributed by atoms with van der Waals surface area (Å²) in [7, 11) is -16.5. The van der Waals surface area contributed by atoms with Crippen LogP contribution in [0.15, 0.2) is 247 Å². The second kappa shape index (κ2) is 19.9. The molecule has 8 aromatic carbocycles. The summed E-state index contributed by atoms with van der Waals surface area (Å²) in [6.45, 7) is 0. The number of benzene rings is 8. The molecular formula is C48H43N4O8P4+3. The average Bonchev–Trinajstić information content (AvgIpc) is 3.31. The zero-order valence-corrected chi connectivity index (χ0v) is 37.7. The van der Waals surface area contributed by atoms with Gasteiger partial charge in [-0.15, -0.1) is 0 Å². The van der Waals surface area contributed by atoms with Crippen molar-refractivity contribution in [2.45, 2.75) is 0 Å². The molecule has 8 aromatic rings. The molecule has 0 unspecified atom stereocenters. The molecule has 0 radical (unpaired) electrons. The molecule has 0 aliphatic carbocycles. The Labute approximate surface area is 374 Å². The van der Waals surface area contributed by atoms with Crippen LogP contribution in [0.3, 0.4) is 0 Å². The minimum absolute atomic E-state index is 0.417. The first kappa shape index (κ1) is 42.8. The van der Waals surface area contributed by atoms with E-state index in [2.05, 4.69) is 14.6 Å². The van der Waals surface area contributed by atoms with E-state index in [1.54, 1.807) is 0 Å². The van der Waals surface area contributed by atoms with Crippen molar-refractivity contribution in [2.24, 2.45) is 4.52 Å². The number of nitrogens with zero attached hydrogens (tertiary/aromatic N) is 1. The fourth-order valence-corrected chi connectivity index (χ4v) is 19.6. The Hall–Kier alpha value is -6.44. The standard InChI is InChI=1S/C48H43N4O8P4/c1-9-25-41(26-10-1)53-61(54-42-27-11-2-12-28-42)49-62(55-43-29-13-3-14-30-43,56-44-31-15-4-16-32-44)51-64(59-47-37-21-7-22-38-47,60-48-39-23-8-24-40-48)52-63(50-61,57-45-33-17-5-18-34-45)58-46-35-19-6-20-36-46/h1-40,49-51H/q+3. The summed E-state index contributed by atoms with van der Waals surface area (Å²) in [5, 5.41) is 0. The number of rotatable bonds is 16. The van der Waals surface area contributed by atoms with E-state index in [1.807, 2.05) is 243 Å². The third-order valence-electron chi connectivity index (χ3n) is 8.81. The molecule has 9 rings (SSSR count). The molecule has 0 saturated carbocycles. The quantitative estimate of drug-likeness (QED) is 0.0803. The Morgan fingerprint density at radius 1 is 0.281 bits per heavy atom. The maximum Gasteiger partial charge on any atom is 0.617 e. The minimum atomic E-state index is -4.16. The van der Waals surface area contributed by atoms with Gasteiger partial charge in [-0.1, -0.05) is 146 Å². The van der Waals surface area contributed by atoms with Crippen LogP contribution in [0.1, 0.15) is 0 Å². The second-order valence-electron chi connectivity index (χ2n) is 13.8. The molecule has 1 aliphatic rings. The molecule has 3 N–H and O–H groups in total. The molecule has 16 heteroatoms. The Balaban J connectivity index is 1.39. The molecule has 320 valence electrons.